The van der Waals surface area contributed by atoms with Crippen LogP contribution in [-0.2, 0) is 4.79 Å². The molecule has 1 unspecified atom stereocenters. The highest BCUT2D eigenvalue weighted by atomic mass is 35.5. The van der Waals surface area contributed by atoms with Crippen LogP contribution >= 0.6 is 11.6 Å². The first-order valence-electron chi connectivity index (χ1n) is 6.56. The minimum atomic E-state index is -0.928. The first kappa shape index (κ1) is 15.2. The fourth-order valence-corrected chi connectivity index (χ4v) is 2.67. The average molecular weight is 301 g/mol. The number of carboxylic acid groups (broad SMARTS) is 1. The SMILES string of the molecule is CN1CCN(C(CC(=O)O)c2ccc(Cl)cc2F)CC1. The van der Waals surface area contributed by atoms with Crippen LogP contribution in [0.1, 0.15) is 18.0 Å². The number of aliphatic carboxylic acids is 1. The standard InChI is InChI=1S/C14H18ClFN2O2/c1-17-4-6-18(7-5-17)13(9-14(19)20)11-3-2-10(15)8-12(11)16/h2-3,8,13H,4-7,9H2,1H3,(H,19,20). The van der Waals surface area contributed by atoms with E-state index in [9.17, 15) is 9.18 Å². The Hall–Kier alpha value is -1.17. The molecular weight excluding hydrogens is 283 g/mol. The quantitative estimate of drug-likeness (QED) is 0.926. The summed E-state index contributed by atoms with van der Waals surface area (Å²) in [7, 11) is 2.02. The maximum Gasteiger partial charge on any atom is 0.305 e. The molecule has 1 aliphatic heterocycles. The third kappa shape index (κ3) is 3.69. The van der Waals surface area contributed by atoms with E-state index in [1.165, 1.54) is 6.07 Å². The number of benzene rings is 1. The number of piperazine rings is 1. The molecule has 0 saturated carbocycles. The molecule has 1 fully saturated rings. The Morgan fingerprint density at radius 1 is 1.40 bits per heavy atom. The van der Waals surface area contributed by atoms with Gasteiger partial charge in [-0.3, -0.25) is 9.69 Å². The third-order valence-electron chi connectivity index (χ3n) is 3.67. The summed E-state index contributed by atoms with van der Waals surface area (Å²) in [4.78, 5) is 15.3. The van der Waals surface area contributed by atoms with Crippen LogP contribution < -0.4 is 0 Å². The van der Waals surface area contributed by atoms with Gasteiger partial charge in [0.1, 0.15) is 5.82 Å². The van der Waals surface area contributed by atoms with E-state index in [0.717, 1.165) is 26.2 Å². The van der Waals surface area contributed by atoms with Gasteiger partial charge in [0.05, 0.1) is 6.42 Å². The minimum absolute atomic E-state index is 0.109. The Kier molecular flexibility index (Phi) is 4.96. The lowest BCUT2D eigenvalue weighted by Gasteiger charge is -2.37. The number of nitrogens with zero attached hydrogens (tertiary/aromatic N) is 2. The number of rotatable bonds is 4. The predicted molar refractivity (Wildman–Crippen MR) is 75.5 cm³/mol. The number of halogens is 2. The molecule has 0 spiro atoms. The molecule has 1 aromatic carbocycles. The van der Waals surface area contributed by atoms with Gasteiger partial charge in [-0.25, -0.2) is 4.39 Å². The monoisotopic (exact) mass is 300 g/mol. The molecule has 0 aromatic heterocycles. The molecule has 1 atom stereocenters. The second-order valence-electron chi connectivity index (χ2n) is 5.12. The van der Waals surface area contributed by atoms with E-state index in [2.05, 4.69) is 4.90 Å². The van der Waals surface area contributed by atoms with Gasteiger partial charge >= 0.3 is 5.97 Å². The molecular formula is C14H18ClFN2O2. The van der Waals surface area contributed by atoms with E-state index in [0.29, 0.717) is 10.6 Å². The fourth-order valence-electron chi connectivity index (χ4n) is 2.51. The number of hydrogen-bond donors (Lipinski definition) is 1. The van der Waals surface area contributed by atoms with E-state index >= 15 is 0 Å². The molecule has 110 valence electrons. The Labute approximate surface area is 122 Å². The molecule has 1 aromatic rings. The second kappa shape index (κ2) is 6.52. The van der Waals surface area contributed by atoms with Gasteiger partial charge in [0.2, 0.25) is 0 Å². The van der Waals surface area contributed by atoms with Crippen LogP contribution in [-0.4, -0.2) is 54.1 Å². The summed E-state index contributed by atoms with van der Waals surface area (Å²) in [6.45, 7) is 3.17. The van der Waals surface area contributed by atoms with Crippen molar-refractivity contribution in [1.82, 2.24) is 9.80 Å². The van der Waals surface area contributed by atoms with Crippen LogP contribution in [0.2, 0.25) is 5.02 Å². The summed E-state index contributed by atoms with van der Waals surface area (Å²) < 4.78 is 14.1. The van der Waals surface area contributed by atoms with E-state index in [1.807, 2.05) is 11.9 Å². The average Bonchev–Trinajstić information content (AvgIpc) is 2.37. The van der Waals surface area contributed by atoms with Gasteiger partial charge in [-0.05, 0) is 19.2 Å². The van der Waals surface area contributed by atoms with Crippen LogP contribution in [0, 0.1) is 5.82 Å². The molecule has 2 rings (SSSR count). The van der Waals surface area contributed by atoms with E-state index in [-0.39, 0.29) is 6.42 Å². The van der Waals surface area contributed by atoms with Gasteiger partial charge in [-0.1, -0.05) is 17.7 Å². The van der Waals surface area contributed by atoms with Crippen molar-refractivity contribution in [2.24, 2.45) is 0 Å². The highest BCUT2D eigenvalue weighted by Gasteiger charge is 2.28. The predicted octanol–water partition coefficient (Wildman–Crippen LogP) is 2.24. The van der Waals surface area contributed by atoms with Crippen molar-refractivity contribution in [1.29, 1.82) is 0 Å². The summed E-state index contributed by atoms with van der Waals surface area (Å²) in [6.07, 6.45) is -0.109. The second-order valence-corrected chi connectivity index (χ2v) is 5.56. The number of hydrogen-bond acceptors (Lipinski definition) is 3. The number of carboxylic acids is 1. The van der Waals surface area contributed by atoms with Crippen molar-refractivity contribution >= 4 is 17.6 Å². The van der Waals surface area contributed by atoms with E-state index in [4.69, 9.17) is 16.7 Å². The first-order chi connectivity index (χ1) is 9.47. The number of carbonyl (C=O) groups is 1. The third-order valence-corrected chi connectivity index (χ3v) is 3.90. The lowest BCUT2D eigenvalue weighted by molar-refractivity contribution is -0.138. The molecule has 0 radical (unpaired) electrons. The summed E-state index contributed by atoms with van der Waals surface area (Å²) in [6, 6.07) is 3.98. The Balaban J connectivity index is 2.24. The molecule has 1 N–H and O–H groups in total. The normalized spacial score (nSPS) is 18.9. The van der Waals surface area contributed by atoms with Crippen molar-refractivity contribution in [2.45, 2.75) is 12.5 Å². The lowest BCUT2D eigenvalue weighted by Crippen LogP contribution is -2.46. The molecule has 20 heavy (non-hydrogen) atoms. The molecule has 0 aliphatic carbocycles. The van der Waals surface area contributed by atoms with Crippen molar-refractivity contribution in [3.8, 4) is 0 Å². The molecule has 4 nitrogen and oxygen atoms in total. The Morgan fingerprint density at radius 3 is 2.60 bits per heavy atom. The van der Waals surface area contributed by atoms with E-state index < -0.39 is 17.8 Å². The van der Waals surface area contributed by atoms with Crippen LogP contribution in [0.4, 0.5) is 4.39 Å². The van der Waals surface area contributed by atoms with Gasteiger partial charge in [0.25, 0.3) is 0 Å². The zero-order chi connectivity index (χ0) is 14.7. The van der Waals surface area contributed by atoms with Gasteiger partial charge in [0, 0.05) is 42.8 Å². The van der Waals surface area contributed by atoms with Gasteiger partial charge in [-0.15, -0.1) is 0 Å². The van der Waals surface area contributed by atoms with Gasteiger partial charge in [-0.2, -0.15) is 0 Å². The summed E-state index contributed by atoms with van der Waals surface area (Å²) >= 11 is 5.76. The van der Waals surface area contributed by atoms with Crippen LogP contribution in [0.15, 0.2) is 18.2 Å². The molecule has 1 heterocycles. The molecule has 1 aliphatic rings. The maximum atomic E-state index is 14.1. The van der Waals surface area contributed by atoms with Crippen LogP contribution in [0.5, 0.6) is 0 Å². The van der Waals surface area contributed by atoms with Crippen LogP contribution in [0.25, 0.3) is 0 Å². The Morgan fingerprint density at radius 2 is 2.05 bits per heavy atom. The van der Waals surface area contributed by atoms with Crippen LogP contribution in [0.3, 0.4) is 0 Å². The smallest absolute Gasteiger partial charge is 0.305 e. The molecule has 0 bridgehead atoms. The summed E-state index contributed by atoms with van der Waals surface area (Å²) in [5.74, 6) is -1.37. The zero-order valence-electron chi connectivity index (χ0n) is 11.4. The van der Waals surface area contributed by atoms with Crippen molar-refractivity contribution in [3.05, 3.63) is 34.6 Å². The summed E-state index contributed by atoms with van der Waals surface area (Å²) in [5.41, 5.74) is 0.404. The summed E-state index contributed by atoms with van der Waals surface area (Å²) in [5, 5.41) is 9.41. The first-order valence-corrected chi connectivity index (χ1v) is 6.94. The highest BCUT2D eigenvalue weighted by Crippen LogP contribution is 2.29. The van der Waals surface area contributed by atoms with Crippen molar-refractivity contribution in [3.63, 3.8) is 0 Å². The zero-order valence-corrected chi connectivity index (χ0v) is 12.1. The topological polar surface area (TPSA) is 43.8 Å². The molecule has 1 saturated heterocycles. The Bertz CT molecular complexity index is 490. The maximum absolute atomic E-state index is 14.1. The van der Waals surface area contributed by atoms with Crippen molar-refractivity contribution < 1.29 is 14.3 Å². The van der Waals surface area contributed by atoms with Gasteiger partial charge in [0.15, 0.2) is 0 Å². The lowest BCUT2D eigenvalue weighted by atomic mass is 10.0. The largest absolute Gasteiger partial charge is 0.481 e. The van der Waals surface area contributed by atoms with Gasteiger partial charge < -0.3 is 10.0 Å². The molecule has 6 heteroatoms. The minimum Gasteiger partial charge on any atom is -0.481 e. The number of likely N-dealkylation sites (N-methyl/N-ethyl adjacent to an activating group) is 1. The van der Waals surface area contributed by atoms with Crippen molar-refractivity contribution in [2.75, 3.05) is 33.2 Å². The molecule has 0 amide bonds. The highest BCUT2D eigenvalue weighted by molar-refractivity contribution is 6.30. The fraction of sp³-hybridized carbons (Fsp3) is 0.500. The van der Waals surface area contributed by atoms with E-state index in [1.54, 1.807) is 12.1 Å².